The number of likely N-dealkylation sites (N-methyl/N-ethyl adjacent to an activating group) is 1. The summed E-state index contributed by atoms with van der Waals surface area (Å²) in [5.74, 6) is -2.23. The fourth-order valence-corrected chi connectivity index (χ4v) is 3.03. The predicted octanol–water partition coefficient (Wildman–Crippen LogP) is 3.32. The highest BCUT2D eigenvalue weighted by Crippen LogP contribution is 2.32. The standard InChI is InChI=1S/C17H18ClFN2O3/c1-21(17(11-20)7-3-2-4-8-17)15(22)10-24-16(23)13-9-12(18)5-6-14(13)19/h5-6,9H,2-4,7-8,10H2,1H3. The maximum atomic E-state index is 13.6. The van der Waals surface area contributed by atoms with Crippen LogP contribution in [0.4, 0.5) is 4.39 Å². The van der Waals surface area contributed by atoms with Gasteiger partial charge in [-0.25, -0.2) is 9.18 Å². The van der Waals surface area contributed by atoms with Crippen LogP contribution in [0.3, 0.4) is 0 Å². The minimum absolute atomic E-state index is 0.192. The molecule has 0 spiro atoms. The fraction of sp³-hybridized carbons (Fsp3) is 0.471. The third-order valence-corrected chi connectivity index (χ3v) is 4.62. The van der Waals surface area contributed by atoms with Gasteiger partial charge in [-0.15, -0.1) is 0 Å². The Bertz CT molecular complexity index is 681. The second kappa shape index (κ2) is 7.63. The third-order valence-electron chi connectivity index (χ3n) is 4.38. The summed E-state index contributed by atoms with van der Waals surface area (Å²) >= 11 is 5.73. The molecular weight excluding hydrogens is 335 g/mol. The zero-order valence-electron chi connectivity index (χ0n) is 13.3. The number of rotatable bonds is 4. The number of hydrogen-bond donors (Lipinski definition) is 0. The molecule has 1 amide bonds. The molecule has 0 unspecified atom stereocenters. The van der Waals surface area contributed by atoms with Crippen LogP contribution in [0.5, 0.6) is 0 Å². The SMILES string of the molecule is CN(C(=O)COC(=O)c1cc(Cl)ccc1F)C1(C#N)CCCCC1. The molecule has 1 aliphatic rings. The summed E-state index contributed by atoms with van der Waals surface area (Å²) in [4.78, 5) is 25.5. The van der Waals surface area contributed by atoms with Crippen molar-refractivity contribution in [2.45, 2.75) is 37.6 Å². The van der Waals surface area contributed by atoms with Gasteiger partial charge in [0.25, 0.3) is 5.91 Å². The Morgan fingerprint density at radius 3 is 2.67 bits per heavy atom. The second-order valence-electron chi connectivity index (χ2n) is 5.86. The van der Waals surface area contributed by atoms with Crippen LogP contribution in [0.15, 0.2) is 18.2 Å². The summed E-state index contributed by atoms with van der Waals surface area (Å²) in [5.41, 5.74) is -1.19. The van der Waals surface area contributed by atoms with E-state index in [0.29, 0.717) is 12.8 Å². The number of esters is 1. The average molecular weight is 353 g/mol. The number of hydrogen-bond acceptors (Lipinski definition) is 4. The van der Waals surface area contributed by atoms with Crippen LogP contribution < -0.4 is 0 Å². The molecule has 0 heterocycles. The van der Waals surface area contributed by atoms with Gasteiger partial charge in [0.05, 0.1) is 11.6 Å². The summed E-state index contributed by atoms with van der Waals surface area (Å²) in [7, 11) is 1.53. The van der Waals surface area contributed by atoms with Gasteiger partial charge in [-0.1, -0.05) is 30.9 Å². The summed E-state index contributed by atoms with van der Waals surface area (Å²) in [5, 5.41) is 9.66. The molecule has 2 rings (SSSR count). The van der Waals surface area contributed by atoms with Crippen molar-refractivity contribution < 1.29 is 18.7 Å². The van der Waals surface area contributed by atoms with E-state index in [1.165, 1.54) is 18.0 Å². The smallest absolute Gasteiger partial charge is 0.341 e. The topological polar surface area (TPSA) is 70.4 Å². The van der Waals surface area contributed by atoms with Crippen LogP contribution in [0.1, 0.15) is 42.5 Å². The minimum atomic E-state index is -0.966. The number of nitriles is 1. The molecule has 1 aromatic carbocycles. The normalized spacial score (nSPS) is 16.1. The van der Waals surface area contributed by atoms with E-state index in [2.05, 4.69) is 6.07 Å². The molecule has 0 saturated heterocycles. The fourth-order valence-electron chi connectivity index (χ4n) is 2.85. The quantitative estimate of drug-likeness (QED) is 0.779. The Hall–Kier alpha value is -2.13. The van der Waals surface area contributed by atoms with Crippen molar-refractivity contribution in [2.24, 2.45) is 0 Å². The van der Waals surface area contributed by atoms with E-state index >= 15 is 0 Å². The van der Waals surface area contributed by atoms with Gasteiger partial charge in [-0.05, 0) is 31.0 Å². The second-order valence-corrected chi connectivity index (χ2v) is 6.29. The Morgan fingerprint density at radius 2 is 2.04 bits per heavy atom. The monoisotopic (exact) mass is 352 g/mol. The van der Waals surface area contributed by atoms with Crippen LogP contribution in [0.2, 0.25) is 5.02 Å². The third kappa shape index (κ3) is 3.85. The van der Waals surface area contributed by atoms with Crippen LogP contribution in [-0.2, 0) is 9.53 Å². The molecule has 128 valence electrons. The number of nitrogens with zero attached hydrogens (tertiary/aromatic N) is 2. The predicted molar refractivity (Wildman–Crippen MR) is 85.9 cm³/mol. The first-order valence-electron chi connectivity index (χ1n) is 7.70. The van der Waals surface area contributed by atoms with Crippen LogP contribution in [0.25, 0.3) is 0 Å². The van der Waals surface area contributed by atoms with Crippen LogP contribution in [0, 0.1) is 17.1 Å². The van der Waals surface area contributed by atoms with Crippen molar-refractivity contribution in [1.82, 2.24) is 4.90 Å². The van der Waals surface area contributed by atoms with E-state index in [1.807, 2.05) is 0 Å². The molecule has 0 aliphatic heterocycles. The summed E-state index contributed by atoms with van der Waals surface area (Å²) in [6.45, 7) is -0.551. The number of halogens is 2. The number of carbonyl (C=O) groups is 2. The van der Waals surface area contributed by atoms with Gasteiger partial charge in [0.15, 0.2) is 6.61 Å². The maximum absolute atomic E-state index is 13.6. The Morgan fingerprint density at radius 1 is 1.38 bits per heavy atom. The average Bonchev–Trinajstić information content (AvgIpc) is 2.61. The van der Waals surface area contributed by atoms with Crippen molar-refractivity contribution >= 4 is 23.5 Å². The van der Waals surface area contributed by atoms with Crippen molar-refractivity contribution in [3.63, 3.8) is 0 Å². The molecule has 7 heteroatoms. The largest absolute Gasteiger partial charge is 0.452 e. The first-order chi connectivity index (χ1) is 11.4. The number of carbonyl (C=O) groups excluding carboxylic acids is 2. The van der Waals surface area contributed by atoms with E-state index in [4.69, 9.17) is 16.3 Å². The van der Waals surface area contributed by atoms with Crippen molar-refractivity contribution in [2.75, 3.05) is 13.7 Å². The number of ether oxygens (including phenoxy) is 1. The van der Waals surface area contributed by atoms with Gasteiger partial charge in [-0.3, -0.25) is 4.79 Å². The lowest BCUT2D eigenvalue weighted by molar-refractivity contribution is -0.138. The maximum Gasteiger partial charge on any atom is 0.341 e. The lowest BCUT2D eigenvalue weighted by Crippen LogP contribution is -2.51. The Balaban J connectivity index is 2.00. The molecule has 1 saturated carbocycles. The summed E-state index contributed by atoms with van der Waals surface area (Å²) < 4.78 is 18.5. The minimum Gasteiger partial charge on any atom is -0.452 e. The molecule has 0 bridgehead atoms. The van der Waals surface area contributed by atoms with Gasteiger partial charge in [0.1, 0.15) is 11.4 Å². The Labute approximate surface area is 144 Å². The highest BCUT2D eigenvalue weighted by molar-refractivity contribution is 6.30. The zero-order valence-corrected chi connectivity index (χ0v) is 14.1. The molecule has 1 fully saturated rings. The van der Waals surface area contributed by atoms with E-state index in [1.54, 1.807) is 0 Å². The van der Waals surface area contributed by atoms with Crippen molar-refractivity contribution in [1.29, 1.82) is 5.26 Å². The molecule has 1 aromatic rings. The van der Waals surface area contributed by atoms with E-state index in [9.17, 15) is 19.2 Å². The molecule has 5 nitrogen and oxygen atoms in total. The van der Waals surface area contributed by atoms with E-state index in [0.717, 1.165) is 31.4 Å². The molecule has 0 aromatic heterocycles. The van der Waals surface area contributed by atoms with Gasteiger partial charge in [0.2, 0.25) is 0 Å². The summed E-state index contributed by atoms with van der Waals surface area (Å²) in [6.07, 6.45) is 3.98. The lowest BCUT2D eigenvalue weighted by Gasteiger charge is -2.38. The zero-order chi connectivity index (χ0) is 17.7. The van der Waals surface area contributed by atoms with Crippen LogP contribution >= 0.6 is 11.6 Å². The van der Waals surface area contributed by atoms with Gasteiger partial charge in [-0.2, -0.15) is 5.26 Å². The summed E-state index contributed by atoms with van der Waals surface area (Å²) in [6, 6.07) is 5.73. The van der Waals surface area contributed by atoms with Crippen molar-refractivity contribution in [3.05, 3.63) is 34.6 Å². The highest BCUT2D eigenvalue weighted by atomic mass is 35.5. The highest BCUT2D eigenvalue weighted by Gasteiger charge is 2.39. The number of amides is 1. The van der Waals surface area contributed by atoms with Gasteiger partial charge in [0, 0.05) is 12.1 Å². The van der Waals surface area contributed by atoms with E-state index in [-0.39, 0.29) is 10.6 Å². The van der Waals surface area contributed by atoms with Gasteiger partial charge < -0.3 is 9.64 Å². The number of benzene rings is 1. The first kappa shape index (κ1) is 18.2. The van der Waals surface area contributed by atoms with Gasteiger partial charge >= 0.3 is 5.97 Å². The molecule has 24 heavy (non-hydrogen) atoms. The lowest BCUT2D eigenvalue weighted by atomic mass is 9.81. The molecular formula is C17H18ClFN2O3. The Kier molecular flexibility index (Phi) is 5.79. The molecule has 0 N–H and O–H groups in total. The van der Waals surface area contributed by atoms with E-state index < -0.39 is 29.8 Å². The molecule has 0 radical (unpaired) electrons. The van der Waals surface area contributed by atoms with Crippen LogP contribution in [-0.4, -0.2) is 36.0 Å². The molecule has 0 atom stereocenters. The molecule has 1 aliphatic carbocycles. The first-order valence-corrected chi connectivity index (χ1v) is 8.07. The van der Waals surface area contributed by atoms with Crippen molar-refractivity contribution in [3.8, 4) is 6.07 Å².